The highest BCUT2D eigenvalue weighted by Gasteiger charge is 2.10. The Morgan fingerprint density at radius 2 is 1.95 bits per heavy atom. The van der Waals surface area contributed by atoms with Gasteiger partial charge >= 0.3 is 0 Å². The topological polar surface area (TPSA) is 55.0 Å². The molecular weight excluding hydrogens is 260 g/mol. The first-order valence-electron chi connectivity index (χ1n) is 6.92. The highest BCUT2D eigenvalue weighted by atomic mass is 15.1. The third-order valence-electron chi connectivity index (χ3n) is 3.54. The van der Waals surface area contributed by atoms with E-state index in [0.29, 0.717) is 0 Å². The summed E-state index contributed by atoms with van der Waals surface area (Å²) >= 11 is 0. The van der Waals surface area contributed by atoms with Crippen molar-refractivity contribution in [3.63, 3.8) is 0 Å². The molecule has 0 saturated heterocycles. The molecule has 0 saturated carbocycles. The maximum Gasteiger partial charge on any atom is 0.0955 e. The lowest BCUT2D eigenvalue weighted by Crippen LogP contribution is -2.18. The summed E-state index contributed by atoms with van der Waals surface area (Å²) in [5, 5.41) is 0.985. The molecule has 0 bridgehead atoms. The molecule has 4 heteroatoms. The van der Waals surface area contributed by atoms with Gasteiger partial charge in [-0.2, -0.15) is 0 Å². The van der Waals surface area contributed by atoms with Gasteiger partial charge in [-0.25, -0.2) is 0 Å². The molecule has 3 rings (SSSR count). The van der Waals surface area contributed by atoms with Crippen molar-refractivity contribution in [2.45, 2.75) is 13.5 Å². The molecule has 2 heterocycles. The van der Waals surface area contributed by atoms with E-state index in [9.17, 15) is 0 Å². The Labute approximate surface area is 124 Å². The van der Waals surface area contributed by atoms with Crippen LogP contribution in [0.4, 0.5) is 11.4 Å². The van der Waals surface area contributed by atoms with Crippen LogP contribution in [0.25, 0.3) is 10.9 Å². The Balaban J connectivity index is 1.98. The highest BCUT2D eigenvalue weighted by Crippen LogP contribution is 2.29. The number of aromatic nitrogens is 2. The second-order valence-corrected chi connectivity index (χ2v) is 5.20. The molecule has 0 radical (unpaired) electrons. The SMILES string of the molecule is Cc1cccc(CN(C)c2ccc(N)c3cccnc23)n1. The Hall–Kier alpha value is -2.62. The van der Waals surface area contributed by atoms with Gasteiger partial charge in [-0.1, -0.05) is 6.07 Å². The third kappa shape index (κ3) is 2.65. The second kappa shape index (κ2) is 5.40. The number of anilines is 2. The van der Waals surface area contributed by atoms with Crippen molar-refractivity contribution in [3.05, 3.63) is 60.0 Å². The number of hydrogen-bond donors (Lipinski definition) is 1. The molecule has 0 aliphatic heterocycles. The van der Waals surface area contributed by atoms with E-state index in [-0.39, 0.29) is 0 Å². The third-order valence-corrected chi connectivity index (χ3v) is 3.54. The standard InChI is InChI=1S/C17H18N4/c1-12-5-3-6-13(20-12)11-21(2)16-9-8-15(18)14-7-4-10-19-17(14)16/h3-10H,11,18H2,1-2H3. The van der Waals surface area contributed by atoms with Gasteiger partial charge < -0.3 is 10.6 Å². The molecule has 2 aromatic heterocycles. The Morgan fingerprint density at radius 3 is 2.76 bits per heavy atom. The number of benzene rings is 1. The first-order valence-corrected chi connectivity index (χ1v) is 6.92. The number of aryl methyl sites for hydroxylation is 1. The zero-order valence-electron chi connectivity index (χ0n) is 12.2. The van der Waals surface area contributed by atoms with Crippen molar-refractivity contribution < 1.29 is 0 Å². The summed E-state index contributed by atoms with van der Waals surface area (Å²) in [6.07, 6.45) is 1.80. The minimum Gasteiger partial charge on any atom is -0.398 e. The van der Waals surface area contributed by atoms with Crippen molar-refractivity contribution in [2.75, 3.05) is 17.7 Å². The van der Waals surface area contributed by atoms with E-state index in [1.807, 2.05) is 56.4 Å². The van der Waals surface area contributed by atoms with E-state index in [2.05, 4.69) is 14.9 Å². The molecule has 4 nitrogen and oxygen atoms in total. The van der Waals surface area contributed by atoms with Gasteiger partial charge in [-0.3, -0.25) is 9.97 Å². The molecule has 3 aromatic rings. The largest absolute Gasteiger partial charge is 0.398 e. The van der Waals surface area contributed by atoms with Gasteiger partial charge in [0.25, 0.3) is 0 Å². The molecule has 0 fully saturated rings. The van der Waals surface area contributed by atoms with Crippen LogP contribution < -0.4 is 10.6 Å². The van der Waals surface area contributed by atoms with Crippen molar-refractivity contribution >= 4 is 22.3 Å². The zero-order chi connectivity index (χ0) is 14.8. The van der Waals surface area contributed by atoms with E-state index < -0.39 is 0 Å². The van der Waals surface area contributed by atoms with Crippen LogP contribution in [0.3, 0.4) is 0 Å². The van der Waals surface area contributed by atoms with Crippen LogP contribution in [-0.4, -0.2) is 17.0 Å². The molecular formula is C17H18N4. The summed E-state index contributed by atoms with van der Waals surface area (Å²) in [7, 11) is 2.05. The van der Waals surface area contributed by atoms with Gasteiger partial charge in [0.15, 0.2) is 0 Å². The zero-order valence-corrected chi connectivity index (χ0v) is 12.2. The lowest BCUT2D eigenvalue weighted by atomic mass is 10.1. The number of rotatable bonds is 3. The summed E-state index contributed by atoms with van der Waals surface area (Å²) in [6.45, 7) is 2.74. The number of fused-ring (bicyclic) bond motifs is 1. The molecule has 0 aliphatic rings. The molecule has 0 spiro atoms. The van der Waals surface area contributed by atoms with E-state index in [4.69, 9.17) is 5.73 Å². The minimum absolute atomic E-state index is 0.733. The predicted octanol–water partition coefficient (Wildman–Crippen LogP) is 3.16. The number of nitrogen functional groups attached to an aromatic ring is 1. The second-order valence-electron chi connectivity index (χ2n) is 5.20. The fraction of sp³-hybridized carbons (Fsp3) is 0.176. The van der Waals surface area contributed by atoms with Gasteiger partial charge in [0.1, 0.15) is 0 Å². The fourth-order valence-corrected chi connectivity index (χ4v) is 2.50. The van der Waals surface area contributed by atoms with Crippen molar-refractivity contribution in [1.82, 2.24) is 9.97 Å². The number of pyridine rings is 2. The Morgan fingerprint density at radius 1 is 1.10 bits per heavy atom. The lowest BCUT2D eigenvalue weighted by molar-refractivity contribution is 0.879. The Bertz CT molecular complexity index is 783. The molecule has 2 N–H and O–H groups in total. The van der Waals surface area contributed by atoms with Crippen LogP contribution in [0.15, 0.2) is 48.7 Å². The summed E-state index contributed by atoms with van der Waals surface area (Å²) in [5.41, 5.74) is 10.8. The van der Waals surface area contributed by atoms with Gasteiger partial charge in [0, 0.05) is 30.0 Å². The van der Waals surface area contributed by atoms with E-state index in [1.54, 1.807) is 6.20 Å². The van der Waals surface area contributed by atoms with Gasteiger partial charge in [0.2, 0.25) is 0 Å². The summed E-state index contributed by atoms with van der Waals surface area (Å²) in [4.78, 5) is 11.2. The van der Waals surface area contributed by atoms with Crippen LogP contribution >= 0.6 is 0 Å². The highest BCUT2D eigenvalue weighted by molar-refractivity contribution is 5.98. The van der Waals surface area contributed by atoms with Gasteiger partial charge in [0.05, 0.1) is 23.4 Å². The molecule has 21 heavy (non-hydrogen) atoms. The summed E-state index contributed by atoms with van der Waals surface area (Å²) < 4.78 is 0. The number of nitrogens with two attached hydrogens (primary N) is 1. The van der Waals surface area contributed by atoms with Crippen LogP contribution in [0, 0.1) is 6.92 Å². The Kier molecular flexibility index (Phi) is 3.44. The quantitative estimate of drug-likeness (QED) is 0.748. The van der Waals surface area contributed by atoms with Crippen LogP contribution in [0.5, 0.6) is 0 Å². The first kappa shape index (κ1) is 13.4. The normalized spacial score (nSPS) is 10.8. The predicted molar refractivity (Wildman–Crippen MR) is 87.2 cm³/mol. The molecule has 0 atom stereocenters. The maximum absolute atomic E-state index is 6.03. The molecule has 1 aromatic carbocycles. The van der Waals surface area contributed by atoms with E-state index in [1.165, 1.54) is 0 Å². The maximum atomic E-state index is 6.03. The molecule has 0 amide bonds. The first-order chi connectivity index (χ1) is 10.1. The van der Waals surface area contributed by atoms with Crippen molar-refractivity contribution in [3.8, 4) is 0 Å². The van der Waals surface area contributed by atoms with E-state index in [0.717, 1.165) is 40.2 Å². The average Bonchev–Trinajstić information content (AvgIpc) is 2.48. The monoisotopic (exact) mass is 278 g/mol. The smallest absolute Gasteiger partial charge is 0.0955 e. The van der Waals surface area contributed by atoms with Crippen molar-refractivity contribution in [1.29, 1.82) is 0 Å². The summed E-state index contributed by atoms with van der Waals surface area (Å²) in [5.74, 6) is 0. The number of nitrogens with zero attached hydrogens (tertiary/aromatic N) is 3. The lowest BCUT2D eigenvalue weighted by Gasteiger charge is -2.21. The molecule has 0 aliphatic carbocycles. The molecule has 0 unspecified atom stereocenters. The fourth-order valence-electron chi connectivity index (χ4n) is 2.50. The van der Waals surface area contributed by atoms with Crippen LogP contribution in [0.1, 0.15) is 11.4 Å². The van der Waals surface area contributed by atoms with Gasteiger partial charge in [-0.05, 0) is 43.3 Å². The number of hydrogen-bond acceptors (Lipinski definition) is 4. The van der Waals surface area contributed by atoms with Crippen LogP contribution in [0.2, 0.25) is 0 Å². The average molecular weight is 278 g/mol. The van der Waals surface area contributed by atoms with E-state index >= 15 is 0 Å². The minimum atomic E-state index is 0.733. The van der Waals surface area contributed by atoms with Crippen LogP contribution in [-0.2, 0) is 6.54 Å². The molecule has 106 valence electrons. The van der Waals surface area contributed by atoms with Gasteiger partial charge in [-0.15, -0.1) is 0 Å². The summed E-state index contributed by atoms with van der Waals surface area (Å²) in [6, 6.07) is 13.9. The van der Waals surface area contributed by atoms with Crippen molar-refractivity contribution in [2.24, 2.45) is 0 Å².